The van der Waals surface area contributed by atoms with Gasteiger partial charge in [0.15, 0.2) is 0 Å². The van der Waals surface area contributed by atoms with Crippen molar-refractivity contribution in [3.8, 4) is 5.75 Å². The van der Waals surface area contributed by atoms with Crippen molar-refractivity contribution in [2.45, 2.75) is 58.1 Å². The number of ether oxygens (including phenoxy) is 3. The first-order valence-electron chi connectivity index (χ1n) is 9.51. The summed E-state index contributed by atoms with van der Waals surface area (Å²) in [6.45, 7) is 2.78. The van der Waals surface area contributed by atoms with Crippen LogP contribution in [0.2, 0.25) is 0 Å². The Morgan fingerprint density at radius 3 is 2.40 bits per heavy atom. The van der Waals surface area contributed by atoms with E-state index < -0.39 is 52.2 Å². The molecule has 1 aliphatic carbocycles. The molecule has 0 heterocycles. The van der Waals surface area contributed by atoms with E-state index in [4.69, 9.17) is 9.47 Å². The van der Waals surface area contributed by atoms with Crippen molar-refractivity contribution in [3.63, 3.8) is 0 Å². The molecule has 1 unspecified atom stereocenters. The number of carbonyl (C=O) groups excluding carboxylic acids is 1. The fourth-order valence-corrected chi connectivity index (χ4v) is 3.25. The first-order chi connectivity index (χ1) is 13.9. The number of esters is 1. The van der Waals surface area contributed by atoms with E-state index >= 15 is 0 Å². The molecule has 30 heavy (non-hydrogen) atoms. The summed E-state index contributed by atoms with van der Waals surface area (Å²) in [5.74, 6) is -2.86. The topological polar surface area (TPSA) is 102 Å². The van der Waals surface area contributed by atoms with Gasteiger partial charge in [-0.05, 0) is 31.0 Å². The zero-order chi connectivity index (χ0) is 22.5. The van der Waals surface area contributed by atoms with Crippen molar-refractivity contribution in [3.05, 3.63) is 29.3 Å². The van der Waals surface area contributed by atoms with E-state index in [0.29, 0.717) is 6.07 Å². The Kier molecular flexibility index (Phi) is 8.12. The van der Waals surface area contributed by atoms with Crippen LogP contribution < -0.4 is 4.74 Å². The molecule has 0 aromatic heterocycles. The molecule has 1 saturated carbocycles. The van der Waals surface area contributed by atoms with Crippen molar-refractivity contribution >= 4 is 16.1 Å². The molecule has 1 fully saturated rings. The van der Waals surface area contributed by atoms with E-state index in [0.717, 1.165) is 37.8 Å². The molecule has 7 nitrogen and oxygen atoms in total. The normalized spacial score (nSPS) is 16.6. The third kappa shape index (κ3) is 7.44. The van der Waals surface area contributed by atoms with Crippen molar-refractivity contribution in [1.29, 1.82) is 0 Å². The number of alkyl halides is 3. The number of hydrogen-bond acceptors (Lipinski definition) is 7. The summed E-state index contributed by atoms with van der Waals surface area (Å²) in [6, 6.07) is 2.46. The van der Waals surface area contributed by atoms with E-state index in [-0.39, 0.29) is 17.6 Å². The standard InChI is InChI=1S/C19H25F3O7S/c1-12(2)18(28-14-5-3-4-6-14)29-16-11-13(7-8-15(16)19(20,21)22)17(23)27-9-10-30(24,25)26/h7-8,11-12,14,18H,3-6,9-10H2,1-2H3,(H,24,25,26)/p-1. The highest BCUT2D eigenvalue weighted by atomic mass is 32.2. The van der Waals surface area contributed by atoms with Crippen LogP contribution in [0, 0.1) is 5.92 Å². The van der Waals surface area contributed by atoms with E-state index in [1.165, 1.54) is 0 Å². The third-order valence-corrected chi connectivity index (χ3v) is 5.17. The summed E-state index contributed by atoms with van der Waals surface area (Å²) >= 11 is 0. The summed E-state index contributed by atoms with van der Waals surface area (Å²) in [5.41, 5.74) is -1.36. The van der Waals surface area contributed by atoms with Crippen molar-refractivity contribution < 1.29 is 45.1 Å². The van der Waals surface area contributed by atoms with Crippen molar-refractivity contribution in [1.82, 2.24) is 0 Å². The molecular weight excluding hydrogens is 429 g/mol. The highest BCUT2D eigenvalue weighted by Gasteiger charge is 2.36. The highest BCUT2D eigenvalue weighted by Crippen LogP contribution is 2.38. The molecule has 0 aliphatic heterocycles. The number of benzene rings is 1. The molecule has 1 atom stereocenters. The summed E-state index contributed by atoms with van der Waals surface area (Å²) in [5, 5.41) is 0. The summed E-state index contributed by atoms with van der Waals surface area (Å²) in [7, 11) is -4.59. The molecule has 1 aromatic carbocycles. The number of carbonyl (C=O) groups is 1. The van der Waals surface area contributed by atoms with Crippen LogP contribution in [0.15, 0.2) is 18.2 Å². The first-order valence-corrected chi connectivity index (χ1v) is 11.1. The molecule has 0 bridgehead atoms. The van der Waals surface area contributed by atoms with Gasteiger partial charge in [0, 0.05) is 5.92 Å². The van der Waals surface area contributed by atoms with E-state index in [2.05, 4.69) is 4.74 Å². The Morgan fingerprint density at radius 2 is 1.87 bits per heavy atom. The van der Waals surface area contributed by atoms with Crippen molar-refractivity contribution in [2.75, 3.05) is 12.4 Å². The van der Waals surface area contributed by atoms with Crippen LogP contribution in [0.3, 0.4) is 0 Å². The van der Waals surface area contributed by atoms with Gasteiger partial charge in [0.05, 0.1) is 33.1 Å². The number of halogens is 3. The van der Waals surface area contributed by atoms with Crippen LogP contribution in [-0.4, -0.2) is 43.7 Å². The molecule has 2 rings (SSSR count). The highest BCUT2D eigenvalue weighted by molar-refractivity contribution is 7.85. The van der Waals surface area contributed by atoms with E-state index in [1.54, 1.807) is 13.8 Å². The second kappa shape index (κ2) is 9.97. The Labute approximate surface area is 173 Å². The minimum atomic E-state index is -4.73. The molecule has 1 aromatic rings. The Balaban J connectivity index is 2.23. The zero-order valence-electron chi connectivity index (χ0n) is 16.6. The summed E-state index contributed by atoms with van der Waals surface area (Å²) < 4.78 is 88.1. The second-order valence-electron chi connectivity index (χ2n) is 7.38. The van der Waals surface area contributed by atoms with E-state index in [1.807, 2.05) is 0 Å². The molecular formula is C19H24F3O7S-. The average Bonchev–Trinajstić information content (AvgIpc) is 3.12. The van der Waals surface area contributed by atoms with Gasteiger partial charge < -0.3 is 18.8 Å². The van der Waals surface area contributed by atoms with Gasteiger partial charge in [-0.2, -0.15) is 13.2 Å². The predicted molar refractivity (Wildman–Crippen MR) is 98.9 cm³/mol. The molecule has 1 aliphatic rings. The minimum absolute atomic E-state index is 0.103. The smallest absolute Gasteiger partial charge is 0.419 e. The molecule has 0 amide bonds. The molecule has 0 saturated heterocycles. The van der Waals surface area contributed by atoms with Crippen LogP contribution in [0.4, 0.5) is 13.2 Å². The number of hydrogen-bond donors (Lipinski definition) is 0. The minimum Gasteiger partial charge on any atom is -0.748 e. The van der Waals surface area contributed by atoms with Crippen LogP contribution in [0.1, 0.15) is 55.5 Å². The molecule has 0 radical (unpaired) electrons. The number of rotatable bonds is 9. The fourth-order valence-electron chi connectivity index (χ4n) is 2.96. The van der Waals surface area contributed by atoms with Gasteiger partial charge in [-0.15, -0.1) is 0 Å². The van der Waals surface area contributed by atoms with Gasteiger partial charge >= 0.3 is 12.1 Å². The van der Waals surface area contributed by atoms with Gasteiger partial charge in [0.1, 0.15) is 12.4 Å². The maximum atomic E-state index is 13.4. The van der Waals surface area contributed by atoms with Crippen LogP contribution >= 0.6 is 0 Å². The molecule has 170 valence electrons. The Hall–Kier alpha value is -1.85. The van der Waals surface area contributed by atoms with Crippen molar-refractivity contribution in [2.24, 2.45) is 5.92 Å². The average molecular weight is 453 g/mol. The fraction of sp³-hybridized carbons (Fsp3) is 0.632. The quantitative estimate of drug-likeness (QED) is 0.319. The van der Waals surface area contributed by atoms with Gasteiger partial charge in [0.2, 0.25) is 6.29 Å². The van der Waals surface area contributed by atoms with Crippen LogP contribution in [-0.2, 0) is 25.8 Å². The Bertz CT molecular complexity index is 831. The summed E-state index contributed by atoms with van der Waals surface area (Å²) in [4.78, 5) is 12.1. The second-order valence-corrected chi connectivity index (χ2v) is 8.90. The third-order valence-electron chi connectivity index (χ3n) is 4.51. The zero-order valence-corrected chi connectivity index (χ0v) is 17.4. The van der Waals surface area contributed by atoms with E-state index in [9.17, 15) is 30.9 Å². The Morgan fingerprint density at radius 1 is 1.23 bits per heavy atom. The lowest BCUT2D eigenvalue weighted by molar-refractivity contribution is -0.155. The van der Waals surface area contributed by atoms with Gasteiger partial charge in [0.25, 0.3) is 0 Å². The lowest BCUT2D eigenvalue weighted by Crippen LogP contribution is -2.31. The maximum Gasteiger partial charge on any atom is 0.419 e. The lowest BCUT2D eigenvalue weighted by Gasteiger charge is -2.27. The molecule has 0 spiro atoms. The van der Waals surface area contributed by atoms with Crippen LogP contribution in [0.5, 0.6) is 5.75 Å². The van der Waals surface area contributed by atoms with Gasteiger partial charge in [-0.1, -0.05) is 26.7 Å². The largest absolute Gasteiger partial charge is 0.748 e. The SMILES string of the molecule is CC(C)C(Oc1cc(C(=O)OCCS(=O)(=O)[O-])ccc1C(F)(F)F)OC1CCCC1. The van der Waals surface area contributed by atoms with Gasteiger partial charge in [-0.3, -0.25) is 0 Å². The molecule has 0 N–H and O–H groups in total. The maximum absolute atomic E-state index is 13.4. The van der Waals surface area contributed by atoms with Gasteiger partial charge in [-0.25, -0.2) is 13.2 Å². The lowest BCUT2D eigenvalue weighted by atomic mass is 10.1. The predicted octanol–water partition coefficient (Wildman–Crippen LogP) is 3.73. The monoisotopic (exact) mass is 453 g/mol. The van der Waals surface area contributed by atoms with Crippen LogP contribution in [0.25, 0.3) is 0 Å². The first kappa shape index (κ1) is 24.4. The molecule has 11 heteroatoms. The summed E-state index contributed by atoms with van der Waals surface area (Å²) in [6.07, 6.45) is -2.24.